The number of ether oxygens (including phenoxy) is 3. The van der Waals surface area contributed by atoms with Gasteiger partial charge in [0.1, 0.15) is 23.9 Å². The van der Waals surface area contributed by atoms with Crippen molar-refractivity contribution in [1.82, 2.24) is 14.5 Å². The molecule has 5 rings (SSSR count). The molecular weight excluding hydrogens is 527 g/mol. The Morgan fingerprint density at radius 1 is 1.00 bits per heavy atom. The second-order valence-electron chi connectivity index (χ2n) is 9.62. The Morgan fingerprint density at radius 3 is 2.27 bits per heavy atom. The van der Waals surface area contributed by atoms with Gasteiger partial charge in [-0.2, -0.15) is 0 Å². The van der Waals surface area contributed by atoms with E-state index in [4.69, 9.17) is 14.2 Å². The zero-order valence-electron chi connectivity index (χ0n) is 22.9. The van der Waals surface area contributed by atoms with Crippen LogP contribution in [0, 0.1) is 5.82 Å². The molecule has 1 saturated heterocycles. The lowest BCUT2D eigenvalue weighted by Crippen LogP contribution is -2.42. The fraction of sp³-hybridized carbons (Fsp3) is 0.258. The monoisotopic (exact) mass is 558 g/mol. The van der Waals surface area contributed by atoms with Gasteiger partial charge in [-0.25, -0.2) is 9.37 Å². The Morgan fingerprint density at radius 2 is 1.66 bits per heavy atom. The third-order valence-electron chi connectivity index (χ3n) is 6.85. The Balaban J connectivity index is 1.40. The number of benzene rings is 3. The van der Waals surface area contributed by atoms with Gasteiger partial charge in [0.05, 0.1) is 26.0 Å². The second kappa shape index (κ2) is 12.6. The number of amides is 2. The minimum atomic E-state index is -0.430. The lowest BCUT2D eigenvalue weighted by atomic mass is 10.1. The molecule has 1 atom stereocenters. The Labute approximate surface area is 237 Å². The lowest BCUT2D eigenvalue weighted by molar-refractivity contribution is -0.117. The van der Waals surface area contributed by atoms with Crippen LogP contribution in [-0.2, 0) is 9.53 Å². The standard InChI is InChI=1S/C31H31FN4O5/c1-39-25-13-5-21(6-14-25)28-19-36(24-11-9-23(32)10-12-24)31(33-28)34-29(37)20-35(18-27-4-3-17-41-27)30(38)22-7-15-26(40-2)16-8-22/h5-16,19,27H,3-4,17-18,20H2,1-2H3,(H,33,34,37)/t27-/m1/s1. The van der Waals surface area contributed by atoms with Gasteiger partial charge in [0, 0.05) is 36.2 Å². The summed E-state index contributed by atoms with van der Waals surface area (Å²) in [6.45, 7) is 0.700. The quantitative estimate of drug-likeness (QED) is 0.296. The molecule has 10 heteroatoms. The van der Waals surface area contributed by atoms with Crippen molar-refractivity contribution in [2.24, 2.45) is 0 Å². The first-order chi connectivity index (χ1) is 19.9. The van der Waals surface area contributed by atoms with Crippen molar-refractivity contribution in [3.8, 4) is 28.4 Å². The number of halogens is 1. The van der Waals surface area contributed by atoms with Crippen molar-refractivity contribution < 1.29 is 28.2 Å². The molecule has 0 radical (unpaired) electrons. The number of aromatic nitrogens is 2. The highest BCUT2D eigenvalue weighted by atomic mass is 19.1. The van der Waals surface area contributed by atoms with Crippen molar-refractivity contribution in [2.45, 2.75) is 18.9 Å². The zero-order valence-corrected chi connectivity index (χ0v) is 22.9. The average Bonchev–Trinajstić information content (AvgIpc) is 3.67. The van der Waals surface area contributed by atoms with Crippen LogP contribution >= 0.6 is 0 Å². The summed E-state index contributed by atoms with van der Waals surface area (Å²) in [7, 11) is 3.15. The van der Waals surface area contributed by atoms with Gasteiger partial charge in [0.15, 0.2) is 0 Å². The first kappa shape index (κ1) is 27.9. The van der Waals surface area contributed by atoms with E-state index in [9.17, 15) is 14.0 Å². The highest BCUT2D eigenvalue weighted by Gasteiger charge is 2.26. The van der Waals surface area contributed by atoms with E-state index in [-0.39, 0.29) is 36.9 Å². The molecule has 0 spiro atoms. The summed E-state index contributed by atoms with van der Waals surface area (Å²) in [4.78, 5) is 33.0. The number of carbonyl (C=O) groups is 2. The van der Waals surface area contributed by atoms with E-state index >= 15 is 0 Å². The fourth-order valence-electron chi connectivity index (χ4n) is 4.67. The summed E-state index contributed by atoms with van der Waals surface area (Å²) in [5.74, 6) is 0.468. The third kappa shape index (κ3) is 6.72. The van der Waals surface area contributed by atoms with Crippen LogP contribution < -0.4 is 14.8 Å². The van der Waals surface area contributed by atoms with Gasteiger partial charge in [-0.3, -0.25) is 19.5 Å². The smallest absolute Gasteiger partial charge is 0.254 e. The summed E-state index contributed by atoms with van der Waals surface area (Å²) in [5.41, 5.74) is 2.44. The molecule has 9 nitrogen and oxygen atoms in total. The highest BCUT2D eigenvalue weighted by molar-refractivity contribution is 5.99. The number of carbonyl (C=O) groups excluding carboxylic acids is 2. The molecule has 0 saturated carbocycles. The van der Waals surface area contributed by atoms with Crippen LogP contribution in [-0.4, -0.2) is 66.3 Å². The first-order valence-corrected chi connectivity index (χ1v) is 13.3. The second-order valence-corrected chi connectivity index (χ2v) is 9.62. The molecule has 4 aromatic rings. The number of nitrogens with zero attached hydrogens (tertiary/aromatic N) is 3. The van der Waals surface area contributed by atoms with Crippen molar-refractivity contribution in [2.75, 3.05) is 39.2 Å². The number of imidazole rings is 1. The zero-order chi connectivity index (χ0) is 28.8. The van der Waals surface area contributed by atoms with E-state index in [1.807, 2.05) is 24.3 Å². The molecule has 0 unspecified atom stereocenters. The number of hydrogen-bond donors (Lipinski definition) is 1. The number of rotatable bonds is 10. The van der Waals surface area contributed by atoms with Gasteiger partial charge >= 0.3 is 0 Å². The maximum Gasteiger partial charge on any atom is 0.254 e. The highest BCUT2D eigenvalue weighted by Crippen LogP contribution is 2.26. The number of nitrogens with one attached hydrogen (secondary N) is 1. The molecular formula is C31H31FN4O5. The normalized spacial score (nSPS) is 14.5. The van der Waals surface area contributed by atoms with Gasteiger partial charge in [0.25, 0.3) is 5.91 Å². The van der Waals surface area contributed by atoms with Gasteiger partial charge < -0.3 is 19.1 Å². The van der Waals surface area contributed by atoms with Gasteiger partial charge in [-0.1, -0.05) is 0 Å². The Kier molecular flexibility index (Phi) is 8.59. The molecule has 2 heterocycles. The van der Waals surface area contributed by atoms with E-state index in [1.54, 1.807) is 61.4 Å². The third-order valence-corrected chi connectivity index (χ3v) is 6.85. The SMILES string of the molecule is COc1ccc(C(=O)N(CC(=O)Nc2nc(-c3ccc(OC)cc3)cn2-c2ccc(F)cc2)C[C@H]2CCCO2)cc1. The average molecular weight is 559 g/mol. The van der Waals surface area contributed by atoms with Crippen LogP contribution in [0.4, 0.5) is 10.3 Å². The summed E-state index contributed by atoms with van der Waals surface area (Å²) in [6, 6.07) is 20.0. The lowest BCUT2D eigenvalue weighted by Gasteiger charge is -2.25. The van der Waals surface area contributed by atoms with Crippen molar-refractivity contribution in [3.63, 3.8) is 0 Å². The van der Waals surface area contributed by atoms with Crippen LogP contribution in [0.1, 0.15) is 23.2 Å². The van der Waals surface area contributed by atoms with E-state index in [0.29, 0.717) is 35.1 Å². The summed E-state index contributed by atoms with van der Waals surface area (Å²) in [6.07, 6.45) is 3.34. The van der Waals surface area contributed by atoms with Gasteiger partial charge in [-0.15, -0.1) is 0 Å². The molecule has 0 aliphatic carbocycles. The predicted octanol–water partition coefficient (Wildman–Crippen LogP) is 4.96. The van der Waals surface area contributed by atoms with Crippen molar-refractivity contribution in [3.05, 3.63) is 90.4 Å². The largest absolute Gasteiger partial charge is 0.497 e. The van der Waals surface area contributed by atoms with E-state index in [0.717, 1.165) is 18.4 Å². The summed E-state index contributed by atoms with van der Waals surface area (Å²) < 4.78 is 31.5. The summed E-state index contributed by atoms with van der Waals surface area (Å²) >= 11 is 0. The predicted molar refractivity (Wildman–Crippen MR) is 152 cm³/mol. The minimum absolute atomic E-state index is 0.145. The van der Waals surface area contributed by atoms with Crippen molar-refractivity contribution >= 4 is 17.8 Å². The van der Waals surface area contributed by atoms with Crippen molar-refractivity contribution in [1.29, 1.82) is 0 Å². The molecule has 1 N–H and O–H groups in total. The number of methoxy groups -OCH3 is 2. The number of anilines is 1. The van der Waals surface area contributed by atoms with E-state index < -0.39 is 5.91 Å². The van der Waals surface area contributed by atoms with Gasteiger partial charge in [-0.05, 0) is 85.6 Å². The van der Waals surface area contributed by atoms with E-state index in [2.05, 4.69) is 10.3 Å². The number of hydrogen-bond acceptors (Lipinski definition) is 6. The molecule has 0 bridgehead atoms. The topological polar surface area (TPSA) is 94.9 Å². The molecule has 41 heavy (non-hydrogen) atoms. The fourth-order valence-corrected chi connectivity index (χ4v) is 4.67. The molecule has 1 aliphatic rings. The molecule has 1 aliphatic heterocycles. The van der Waals surface area contributed by atoms with Crippen LogP contribution in [0.2, 0.25) is 0 Å². The van der Waals surface area contributed by atoms with Crippen LogP contribution in [0.25, 0.3) is 16.9 Å². The van der Waals surface area contributed by atoms with Crippen LogP contribution in [0.5, 0.6) is 11.5 Å². The maximum absolute atomic E-state index is 13.7. The van der Waals surface area contributed by atoms with Gasteiger partial charge in [0.2, 0.25) is 11.9 Å². The molecule has 212 valence electrons. The Hall–Kier alpha value is -4.70. The molecule has 1 aromatic heterocycles. The van der Waals surface area contributed by atoms with Crippen LogP contribution in [0.15, 0.2) is 79.0 Å². The Bertz CT molecular complexity index is 1480. The molecule has 2 amide bonds. The van der Waals surface area contributed by atoms with Crippen LogP contribution in [0.3, 0.4) is 0 Å². The maximum atomic E-state index is 13.7. The van der Waals surface area contributed by atoms with E-state index in [1.165, 1.54) is 17.0 Å². The minimum Gasteiger partial charge on any atom is -0.497 e. The first-order valence-electron chi connectivity index (χ1n) is 13.3. The summed E-state index contributed by atoms with van der Waals surface area (Å²) in [5, 5.41) is 2.86. The molecule has 3 aromatic carbocycles. The molecule has 1 fully saturated rings.